The van der Waals surface area contributed by atoms with Gasteiger partial charge < -0.3 is 4.90 Å². The first-order valence-corrected chi connectivity index (χ1v) is 18.9. The number of hydrogen-bond acceptors (Lipinski definition) is 1. The molecule has 1 nitrogen and oxygen atoms in total. The Morgan fingerprint density at radius 2 is 0.868 bits per heavy atom. The van der Waals surface area contributed by atoms with Crippen LogP contribution in [-0.2, 0) is 10.8 Å². The fourth-order valence-electron chi connectivity index (χ4n) is 10.3. The van der Waals surface area contributed by atoms with Gasteiger partial charge in [0.2, 0.25) is 0 Å². The van der Waals surface area contributed by atoms with Gasteiger partial charge in [-0.2, -0.15) is 0 Å². The minimum absolute atomic E-state index is 0.124. The van der Waals surface area contributed by atoms with Gasteiger partial charge in [-0.05, 0) is 124 Å². The van der Waals surface area contributed by atoms with Crippen LogP contribution in [0.4, 0.5) is 17.1 Å². The lowest BCUT2D eigenvalue weighted by atomic mass is 9.78. The predicted molar refractivity (Wildman–Crippen MR) is 226 cm³/mol. The van der Waals surface area contributed by atoms with E-state index in [9.17, 15) is 0 Å². The highest BCUT2D eigenvalue weighted by atomic mass is 15.1. The number of fused-ring (bicyclic) bond motifs is 15. The zero-order chi connectivity index (χ0) is 35.6. The molecule has 9 aromatic rings. The molecule has 0 saturated heterocycles. The van der Waals surface area contributed by atoms with Gasteiger partial charge in [-0.1, -0.05) is 155 Å². The van der Waals surface area contributed by atoms with Crippen LogP contribution in [0.25, 0.3) is 65.3 Å². The van der Waals surface area contributed by atoms with Crippen molar-refractivity contribution in [2.45, 2.75) is 38.5 Å². The molecular formula is C52H39N. The Bertz CT molecular complexity index is 3000. The van der Waals surface area contributed by atoms with Crippen LogP contribution in [0.3, 0.4) is 0 Å². The summed E-state index contributed by atoms with van der Waals surface area (Å²) in [5.41, 5.74) is 14.3. The fourth-order valence-corrected chi connectivity index (χ4v) is 10.3. The standard InChI is InChI=1S/C52H39N/c1-51(2)46-31-36(25-29-45(46)47-41-20-12-10-18-39(41)40-19-11-13-21-42(40)50(47)51)53(34-15-6-5-7-16-34)35-24-28-38-33(30-35)23-27-44-43-26-22-32-14-8-9-17-37(32)48(43)52(3,4)49(38)44/h5-31H,1-4H3. The average Bonchev–Trinajstić information content (AvgIpc) is 3.58. The molecule has 0 atom stereocenters. The third-order valence-corrected chi connectivity index (χ3v) is 12.5. The largest absolute Gasteiger partial charge is 0.310 e. The average molecular weight is 678 g/mol. The lowest BCUT2D eigenvalue weighted by Crippen LogP contribution is -2.17. The molecule has 0 heterocycles. The third-order valence-electron chi connectivity index (χ3n) is 12.5. The monoisotopic (exact) mass is 677 g/mol. The summed E-state index contributed by atoms with van der Waals surface area (Å²) in [6.45, 7) is 9.64. The highest BCUT2D eigenvalue weighted by Crippen LogP contribution is 2.57. The van der Waals surface area contributed by atoms with Crippen LogP contribution in [0.15, 0.2) is 164 Å². The Balaban J connectivity index is 1.09. The van der Waals surface area contributed by atoms with E-state index in [1.54, 1.807) is 0 Å². The van der Waals surface area contributed by atoms with Crippen molar-refractivity contribution in [2.75, 3.05) is 4.90 Å². The van der Waals surface area contributed by atoms with Crippen LogP contribution in [0.1, 0.15) is 49.9 Å². The van der Waals surface area contributed by atoms with E-state index < -0.39 is 0 Å². The molecule has 0 fully saturated rings. The Hall–Kier alpha value is -6.18. The van der Waals surface area contributed by atoms with Crippen LogP contribution in [0.5, 0.6) is 0 Å². The second-order valence-electron chi connectivity index (χ2n) is 16.1. The quantitative estimate of drug-likeness (QED) is 0.168. The SMILES string of the molecule is CC1(C)c2c(ccc3ccccc23)-c2ccc3cc(N(c4ccccc4)c4ccc5c(c4)C(C)(C)c4c-5c5ccccc5c5ccccc45)ccc3c21. The van der Waals surface area contributed by atoms with Crippen LogP contribution < -0.4 is 4.90 Å². The molecule has 0 radical (unpaired) electrons. The Labute approximate surface area is 310 Å². The van der Waals surface area contributed by atoms with Crippen LogP contribution in [0, 0.1) is 0 Å². The molecule has 0 spiro atoms. The number of nitrogens with zero attached hydrogens (tertiary/aromatic N) is 1. The summed E-state index contributed by atoms with van der Waals surface area (Å²) in [4.78, 5) is 2.44. The summed E-state index contributed by atoms with van der Waals surface area (Å²) >= 11 is 0. The molecule has 0 bridgehead atoms. The van der Waals surface area contributed by atoms with Gasteiger partial charge in [-0.15, -0.1) is 0 Å². The molecule has 2 aliphatic carbocycles. The summed E-state index contributed by atoms with van der Waals surface area (Å²) in [5.74, 6) is 0. The van der Waals surface area contributed by atoms with Gasteiger partial charge in [-0.25, -0.2) is 0 Å². The zero-order valence-electron chi connectivity index (χ0n) is 30.5. The van der Waals surface area contributed by atoms with E-state index in [4.69, 9.17) is 0 Å². The highest BCUT2D eigenvalue weighted by molar-refractivity contribution is 6.18. The molecule has 53 heavy (non-hydrogen) atoms. The topological polar surface area (TPSA) is 3.24 Å². The minimum atomic E-state index is -0.179. The predicted octanol–water partition coefficient (Wildman–Crippen LogP) is 14.4. The number of rotatable bonds is 3. The van der Waals surface area contributed by atoms with Gasteiger partial charge in [-0.3, -0.25) is 0 Å². The maximum absolute atomic E-state index is 2.46. The summed E-state index contributed by atoms with van der Waals surface area (Å²) in [6.07, 6.45) is 0. The molecular weight excluding hydrogens is 639 g/mol. The van der Waals surface area contributed by atoms with E-state index in [1.807, 2.05) is 0 Å². The first-order chi connectivity index (χ1) is 25.8. The summed E-state index contributed by atoms with van der Waals surface area (Å²) < 4.78 is 0. The zero-order valence-corrected chi connectivity index (χ0v) is 30.5. The van der Waals surface area contributed by atoms with E-state index in [2.05, 4.69) is 196 Å². The molecule has 0 aromatic heterocycles. The molecule has 0 unspecified atom stereocenters. The lowest BCUT2D eigenvalue weighted by Gasteiger charge is -2.29. The maximum atomic E-state index is 2.46. The number of benzene rings is 9. The van der Waals surface area contributed by atoms with Gasteiger partial charge in [0.1, 0.15) is 0 Å². The summed E-state index contributed by atoms with van der Waals surface area (Å²) in [7, 11) is 0. The second kappa shape index (κ2) is 10.7. The van der Waals surface area contributed by atoms with Crippen molar-refractivity contribution in [3.8, 4) is 22.3 Å². The fraction of sp³-hybridized carbons (Fsp3) is 0.115. The van der Waals surface area contributed by atoms with Crippen molar-refractivity contribution in [2.24, 2.45) is 0 Å². The van der Waals surface area contributed by atoms with Crippen molar-refractivity contribution in [1.29, 1.82) is 0 Å². The Kier molecular flexibility index (Phi) is 6.14. The van der Waals surface area contributed by atoms with Crippen LogP contribution >= 0.6 is 0 Å². The first kappa shape index (κ1) is 30.4. The Morgan fingerprint density at radius 3 is 1.60 bits per heavy atom. The van der Waals surface area contributed by atoms with Gasteiger partial charge >= 0.3 is 0 Å². The second-order valence-corrected chi connectivity index (χ2v) is 16.1. The molecule has 0 saturated carbocycles. The normalized spacial score (nSPS) is 14.7. The van der Waals surface area contributed by atoms with Gasteiger partial charge in [0.25, 0.3) is 0 Å². The first-order valence-electron chi connectivity index (χ1n) is 18.9. The number of para-hydroxylation sites is 1. The van der Waals surface area contributed by atoms with Crippen molar-refractivity contribution in [1.82, 2.24) is 0 Å². The smallest absolute Gasteiger partial charge is 0.0468 e. The summed E-state index contributed by atoms with van der Waals surface area (Å²) in [6, 6.07) is 61.2. The lowest BCUT2D eigenvalue weighted by molar-refractivity contribution is 0.666. The van der Waals surface area contributed by atoms with E-state index >= 15 is 0 Å². The van der Waals surface area contributed by atoms with Gasteiger partial charge in [0.15, 0.2) is 0 Å². The number of hydrogen-bond donors (Lipinski definition) is 0. The van der Waals surface area contributed by atoms with Gasteiger partial charge in [0.05, 0.1) is 0 Å². The van der Waals surface area contributed by atoms with Crippen molar-refractivity contribution in [3.05, 3.63) is 186 Å². The number of anilines is 3. The molecule has 0 amide bonds. The molecule has 252 valence electrons. The highest BCUT2D eigenvalue weighted by Gasteiger charge is 2.40. The van der Waals surface area contributed by atoms with Crippen molar-refractivity contribution in [3.63, 3.8) is 0 Å². The third kappa shape index (κ3) is 4.08. The van der Waals surface area contributed by atoms with Crippen molar-refractivity contribution >= 4 is 60.2 Å². The van der Waals surface area contributed by atoms with Crippen LogP contribution in [0.2, 0.25) is 0 Å². The molecule has 0 N–H and O–H groups in total. The van der Waals surface area contributed by atoms with E-state index in [0.717, 1.165) is 11.4 Å². The summed E-state index contributed by atoms with van der Waals surface area (Å²) in [5, 5.41) is 10.6. The maximum Gasteiger partial charge on any atom is 0.0468 e. The van der Waals surface area contributed by atoms with Gasteiger partial charge in [0, 0.05) is 27.9 Å². The van der Waals surface area contributed by atoms with E-state index in [-0.39, 0.29) is 10.8 Å². The van der Waals surface area contributed by atoms with Crippen LogP contribution in [-0.4, -0.2) is 0 Å². The van der Waals surface area contributed by atoms with E-state index in [0.29, 0.717) is 0 Å². The Morgan fingerprint density at radius 1 is 0.340 bits per heavy atom. The molecule has 0 aliphatic heterocycles. The minimum Gasteiger partial charge on any atom is -0.310 e. The molecule has 2 aliphatic rings. The molecule has 9 aromatic carbocycles. The molecule has 1 heteroatoms. The van der Waals surface area contributed by atoms with E-state index in [1.165, 1.54) is 93.3 Å². The van der Waals surface area contributed by atoms with Crippen molar-refractivity contribution < 1.29 is 0 Å². The molecule has 11 rings (SSSR count).